The average Bonchev–Trinajstić information content (AvgIpc) is 2.81. The number of hydrogen-bond donors (Lipinski definition) is 2. The van der Waals surface area contributed by atoms with E-state index in [1.165, 1.54) is 0 Å². The van der Waals surface area contributed by atoms with Crippen LogP contribution in [0.3, 0.4) is 0 Å². The highest BCUT2D eigenvalue weighted by molar-refractivity contribution is 6.09. The Morgan fingerprint density at radius 1 is 1.17 bits per heavy atom. The van der Waals surface area contributed by atoms with Crippen LogP contribution in [-0.4, -0.2) is 34.8 Å². The van der Waals surface area contributed by atoms with Crippen LogP contribution in [0.1, 0.15) is 37.7 Å². The summed E-state index contributed by atoms with van der Waals surface area (Å²) in [7, 11) is 0. The highest BCUT2D eigenvalue weighted by Crippen LogP contribution is 2.33. The van der Waals surface area contributed by atoms with Crippen molar-refractivity contribution in [2.75, 3.05) is 6.54 Å². The summed E-state index contributed by atoms with van der Waals surface area (Å²) in [6.45, 7) is -0.113. The summed E-state index contributed by atoms with van der Waals surface area (Å²) in [5.74, 6) is -0.826. The minimum atomic E-state index is -0.805. The highest BCUT2D eigenvalue weighted by atomic mass is 16.6. The predicted molar refractivity (Wildman–Crippen MR) is 85.4 cm³/mol. The Labute approximate surface area is 140 Å². The topological polar surface area (TPSA) is 87.7 Å². The van der Waals surface area contributed by atoms with Crippen LogP contribution in [0.4, 0.5) is 4.79 Å². The van der Waals surface area contributed by atoms with Crippen molar-refractivity contribution in [3.05, 3.63) is 35.9 Å². The van der Waals surface area contributed by atoms with E-state index in [4.69, 9.17) is 4.84 Å². The second kappa shape index (κ2) is 7.00. The minimum absolute atomic E-state index is 0.219. The molecule has 0 unspecified atom stereocenters. The molecule has 1 aliphatic carbocycles. The van der Waals surface area contributed by atoms with Crippen LogP contribution < -0.4 is 10.8 Å². The summed E-state index contributed by atoms with van der Waals surface area (Å²) < 4.78 is 0. The van der Waals surface area contributed by atoms with Crippen LogP contribution in [0.25, 0.3) is 0 Å². The van der Waals surface area contributed by atoms with Crippen molar-refractivity contribution in [1.29, 1.82) is 0 Å². The van der Waals surface area contributed by atoms with E-state index in [-0.39, 0.29) is 19.1 Å². The molecule has 1 spiro atoms. The molecule has 7 heteroatoms. The van der Waals surface area contributed by atoms with E-state index in [0.717, 1.165) is 29.7 Å². The molecule has 1 aliphatic heterocycles. The standard InChI is InChI=1S/C17H21N3O4/c21-14(19-24-12-13-7-3-1-4-8-13)11-20-15(22)17(18-16(20)23)9-5-2-6-10-17/h1,3-4,7-8H,2,5-6,9-12H2,(H,18,23)(H,19,21). The zero-order valence-corrected chi connectivity index (χ0v) is 13.4. The van der Waals surface area contributed by atoms with E-state index in [9.17, 15) is 14.4 Å². The summed E-state index contributed by atoms with van der Waals surface area (Å²) in [5, 5.41) is 2.77. The molecule has 0 aromatic heterocycles. The van der Waals surface area contributed by atoms with Gasteiger partial charge < -0.3 is 5.32 Å². The molecule has 128 valence electrons. The molecule has 0 bridgehead atoms. The van der Waals surface area contributed by atoms with Gasteiger partial charge in [0, 0.05) is 0 Å². The summed E-state index contributed by atoms with van der Waals surface area (Å²) >= 11 is 0. The number of imide groups is 1. The van der Waals surface area contributed by atoms with Crippen LogP contribution in [0.5, 0.6) is 0 Å². The number of amides is 4. The fourth-order valence-corrected chi connectivity index (χ4v) is 3.26. The van der Waals surface area contributed by atoms with E-state index < -0.39 is 17.5 Å². The number of hydrogen-bond acceptors (Lipinski definition) is 4. The predicted octanol–water partition coefficient (Wildman–Crippen LogP) is 1.49. The fourth-order valence-electron chi connectivity index (χ4n) is 3.26. The van der Waals surface area contributed by atoms with Gasteiger partial charge in [-0.15, -0.1) is 0 Å². The van der Waals surface area contributed by atoms with Crippen molar-refractivity contribution in [3.8, 4) is 0 Å². The van der Waals surface area contributed by atoms with Crippen molar-refractivity contribution in [2.45, 2.75) is 44.2 Å². The zero-order valence-electron chi connectivity index (χ0n) is 13.4. The highest BCUT2D eigenvalue weighted by Gasteiger charge is 2.51. The van der Waals surface area contributed by atoms with Crippen LogP contribution in [0.15, 0.2) is 30.3 Å². The van der Waals surface area contributed by atoms with Crippen LogP contribution in [0, 0.1) is 0 Å². The largest absolute Gasteiger partial charge is 0.325 e. The lowest BCUT2D eigenvalue weighted by molar-refractivity contribution is -0.141. The number of nitrogens with zero attached hydrogens (tertiary/aromatic N) is 1. The maximum absolute atomic E-state index is 12.5. The Hall–Kier alpha value is -2.41. The normalized spacial score (nSPS) is 19.4. The Kier molecular flexibility index (Phi) is 4.80. The molecule has 2 aliphatic rings. The van der Waals surface area contributed by atoms with Gasteiger partial charge in [-0.3, -0.25) is 19.3 Å². The van der Waals surface area contributed by atoms with Crippen molar-refractivity contribution in [1.82, 2.24) is 15.7 Å². The lowest BCUT2D eigenvalue weighted by atomic mass is 9.82. The second-order valence-electron chi connectivity index (χ2n) is 6.26. The monoisotopic (exact) mass is 331 g/mol. The van der Waals surface area contributed by atoms with Crippen molar-refractivity contribution < 1.29 is 19.2 Å². The van der Waals surface area contributed by atoms with Gasteiger partial charge in [0.1, 0.15) is 12.1 Å². The summed E-state index contributed by atoms with van der Waals surface area (Å²) in [5.41, 5.74) is 2.38. The maximum Gasteiger partial charge on any atom is 0.325 e. The molecule has 1 saturated carbocycles. The molecule has 1 aromatic rings. The van der Waals surface area contributed by atoms with Gasteiger partial charge in [0.2, 0.25) is 0 Å². The number of carbonyl (C=O) groups excluding carboxylic acids is 3. The first-order valence-electron chi connectivity index (χ1n) is 8.19. The quantitative estimate of drug-likeness (QED) is 0.632. The van der Waals surface area contributed by atoms with Crippen molar-refractivity contribution in [3.63, 3.8) is 0 Å². The molecule has 7 nitrogen and oxygen atoms in total. The molecule has 0 atom stereocenters. The average molecular weight is 331 g/mol. The smallest absolute Gasteiger partial charge is 0.323 e. The molecule has 0 radical (unpaired) electrons. The molecule has 1 aromatic carbocycles. The Morgan fingerprint density at radius 2 is 1.88 bits per heavy atom. The Bertz CT molecular complexity index is 626. The van der Waals surface area contributed by atoms with E-state index in [1.54, 1.807) is 0 Å². The first-order chi connectivity index (χ1) is 11.6. The summed E-state index contributed by atoms with van der Waals surface area (Å²) in [6, 6.07) is 8.88. The van der Waals surface area contributed by atoms with Gasteiger partial charge in [0.25, 0.3) is 11.8 Å². The fraction of sp³-hybridized carbons (Fsp3) is 0.471. The van der Waals surface area contributed by atoms with Gasteiger partial charge in [-0.25, -0.2) is 10.3 Å². The molecule has 24 heavy (non-hydrogen) atoms. The minimum Gasteiger partial charge on any atom is -0.323 e. The SMILES string of the molecule is O=C(CN1C(=O)NC2(CCCCC2)C1=O)NOCc1ccccc1. The Morgan fingerprint density at radius 3 is 2.58 bits per heavy atom. The first kappa shape index (κ1) is 16.4. The van der Waals surface area contributed by atoms with E-state index in [2.05, 4.69) is 10.8 Å². The number of benzene rings is 1. The molecule has 1 heterocycles. The molecule has 4 amide bonds. The molecular weight excluding hydrogens is 310 g/mol. The first-order valence-corrected chi connectivity index (χ1v) is 8.19. The number of carbonyl (C=O) groups is 3. The molecular formula is C17H21N3O4. The zero-order chi connectivity index (χ0) is 17.0. The summed E-state index contributed by atoms with van der Waals surface area (Å²) in [6.07, 6.45) is 4.16. The van der Waals surface area contributed by atoms with Crippen molar-refractivity contribution >= 4 is 17.8 Å². The van der Waals surface area contributed by atoms with Gasteiger partial charge in [-0.05, 0) is 18.4 Å². The van der Waals surface area contributed by atoms with Gasteiger partial charge in [0.05, 0.1) is 6.61 Å². The van der Waals surface area contributed by atoms with Gasteiger partial charge >= 0.3 is 6.03 Å². The Balaban J connectivity index is 1.50. The maximum atomic E-state index is 12.5. The van der Waals surface area contributed by atoms with Crippen LogP contribution in [0.2, 0.25) is 0 Å². The number of rotatable bonds is 5. The van der Waals surface area contributed by atoms with Crippen molar-refractivity contribution in [2.24, 2.45) is 0 Å². The number of urea groups is 1. The van der Waals surface area contributed by atoms with Crippen LogP contribution in [-0.2, 0) is 21.0 Å². The number of nitrogens with one attached hydrogen (secondary N) is 2. The van der Waals surface area contributed by atoms with Crippen LogP contribution >= 0.6 is 0 Å². The molecule has 1 saturated heterocycles. The molecule has 3 rings (SSSR count). The second-order valence-corrected chi connectivity index (χ2v) is 6.26. The van der Waals surface area contributed by atoms with Gasteiger partial charge in [-0.1, -0.05) is 49.6 Å². The van der Waals surface area contributed by atoms with Gasteiger partial charge in [-0.2, -0.15) is 0 Å². The molecule has 2 fully saturated rings. The van der Waals surface area contributed by atoms with Gasteiger partial charge in [0.15, 0.2) is 0 Å². The lowest BCUT2D eigenvalue weighted by Crippen LogP contribution is -2.49. The molecule has 2 N–H and O–H groups in total. The lowest BCUT2D eigenvalue weighted by Gasteiger charge is -2.30. The third-order valence-electron chi connectivity index (χ3n) is 4.52. The van der Waals surface area contributed by atoms with E-state index >= 15 is 0 Å². The van der Waals surface area contributed by atoms with E-state index in [0.29, 0.717) is 12.8 Å². The van der Waals surface area contributed by atoms with E-state index in [1.807, 2.05) is 30.3 Å². The number of hydroxylamine groups is 1. The third kappa shape index (κ3) is 3.41. The summed E-state index contributed by atoms with van der Waals surface area (Å²) in [4.78, 5) is 42.7. The third-order valence-corrected chi connectivity index (χ3v) is 4.52.